The monoisotopic (exact) mass is 243 g/mol. The Morgan fingerprint density at radius 2 is 1.88 bits per heavy atom. The fourth-order valence-electron chi connectivity index (χ4n) is 0.973. The molecule has 4 nitrogen and oxygen atoms in total. The van der Waals surface area contributed by atoms with Crippen molar-refractivity contribution in [3.8, 4) is 0 Å². The zero-order chi connectivity index (χ0) is 12.8. The number of carboxylic acid groups (broad SMARTS) is 1. The van der Waals surface area contributed by atoms with E-state index in [1.165, 1.54) is 0 Å². The third kappa shape index (κ3) is 10.7. The van der Waals surface area contributed by atoms with Crippen molar-refractivity contribution in [3.63, 3.8) is 0 Å². The van der Waals surface area contributed by atoms with Gasteiger partial charge in [0, 0.05) is 26.0 Å². The van der Waals surface area contributed by atoms with Crippen LogP contribution in [0, 0.1) is 0 Å². The Labute approximate surface area is 90.2 Å². The molecule has 1 heterocycles. The Balaban J connectivity index is 0.000000385. The first-order valence-electron chi connectivity index (χ1n) is 4.40. The first kappa shape index (κ1) is 14.6. The van der Waals surface area contributed by atoms with Crippen molar-refractivity contribution in [3.05, 3.63) is 12.4 Å². The van der Waals surface area contributed by atoms with E-state index in [9.17, 15) is 22.1 Å². The number of carboxylic acids is 1. The van der Waals surface area contributed by atoms with Crippen molar-refractivity contribution >= 4 is 13.2 Å². The van der Waals surface area contributed by atoms with E-state index in [-0.39, 0.29) is 6.42 Å². The summed E-state index contributed by atoms with van der Waals surface area (Å²) < 4.78 is 39.0. The van der Waals surface area contributed by atoms with Crippen molar-refractivity contribution in [2.75, 3.05) is 20.3 Å². The summed E-state index contributed by atoms with van der Waals surface area (Å²) in [6, 6.07) is 0. The molecule has 1 rings (SSSR count). The summed E-state index contributed by atoms with van der Waals surface area (Å²) in [5.41, 5.74) is 0. The topological polar surface area (TPSA) is 43.8 Å². The molecule has 0 aliphatic carbocycles. The SMILES string of the molecule is CN1C=CN(CCC(=O)O)C1.F[B-](F)(F)F. The molecule has 0 amide bonds. The maximum Gasteiger partial charge on any atom is 0.673 e. The summed E-state index contributed by atoms with van der Waals surface area (Å²) in [6.07, 6.45) is 4.04. The lowest BCUT2D eigenvalue weighted by Gasteiger charge is -2.16. The fraction of sp³-hybridized carbons (Fsp3) is 0.571. The van der Waals surface area contributed by atoms with Gasteiger partial charge in [-0.1, -0.05) is 0 Å². The van der Waals surface area contributed by atoms with Gasteiger partial charge in [-0.2, -0.15) is 0 Å². The number of nitrogens with zero attached hydrogens (tertiary/aromatic N) is 2. The number of rotatable bonds is 3. The van der Waals surface area contributed by atoms with Gasteiger partial charge in [-0.3, -0.25) is 4.79 Å². The average molecular weight is 243 g/mol. The highest BCUT2D eigenvalue weighted by Gasteiger charge is 2.20. The second kappa shape index (κ2) is 6.24. The highest BCUT2D eigenvalue weighted by Crippen LogP contribution is 2.06. The van der Waals surface area contributed by atoms with E-state index in [4.69, 9.17) is 5.11 Å². The molecule has 0 saturated heterocycles. The summed E-state index contributed by atoms with van der Waals surface area (Å²) in [5.74, 6) is -0.743. The van der Waals surface area contributed by atoms with Crippen molar-refractivity contribution in [2.24, 2.45) is 0 Å². The summed E-state index contributed by atoms with van der Waals surface area (Å²) in [6.45, 7) is 1.39. The largest absolute Gasteiger partial charge is 0.673 e. The molecule has 0 unspecified atom stereocenters. The summed E-state index contributed by atoms with van der Waals surface area (Å²) in [5, 5.41) is 8.38. The van der Waals surface area contributed by atoms with E-state index < -0.39 is 13.2 Å². The van der Waals surface area contributed by atoms with E-state index in [0.29, 0.717) is 6.54 Å². The molecule has 0 bridgehead atoms. The van der Waals surface area contributed by atoms with Crippen LogP contribution in [0.15, 0.2) is 12.4 Å². The Bertz CT molecular complexity index is 253. The highest BCUT2D eigenvalue weighted by atomic mass is 19.5. The van der Waals surface area contributed by atoms with Gasteiger partial charge in [-0.15, -0.1) is 0 Å². The van der Waals surface area contributed by atoms with E-state index in [0.717, 1.165) is 6.67 Å². The quantitative estimate of drug-likeness (QED) is 0.601. The lowest BCUT2D eigenvalue weighted by Crippen LogP contribution is -2.24. The molecule has 0 aromatic rings. The Morgan fingerprint density at radius 1 is 1.38 bits per heavy atom. The number of halogens is 4. The van der Waals surface area contributed by atoms with Crippen LogP contribution in [-0.4, -0.2) is 48.4 Å². The third-order valence-electron chi connectivity index (χ3n) is 1.55. The minimum atomic E-state index is -6.00. The summed E-state index contributed by atoms with van der Waals surface area (Å²) in [7, 11) is -4.04. The van der Waals surface area contributed by atoms with E-state index in [1.807, 2.05) is 29.2 Å². The van der Waals surface area contributed by atoms with E-state index >= 15 is 0 Å². The van der Waals surface area contributed by atoms with Crippen molar-refractivity contribution < 1.29 is 27.2 Å². The maximum atomic E-state index is 10.2. The molecule has 1 aliphatic rings. The van der Waals surface area contributed by atoms with Crippen LogP contribution in [0.25, 0.3) is 0 Å². The van der Waals surface area contributed by atoms with Gasteiger partial charge in [-0.05, 0) is 0 Å². The normalized spacial score (nSPS) is 14.8. The van der Waals surface area contributed by atoms with Gasteiger partial charge >= 0.3 is 13.2 Å². The molecule has 0 saturated carbocycles. The Kier molecular flexibility index (Phi) is 5.69. The molecule has 9 heteroatoms. The van der Waals surface area contributed by atoms with Crippen LogP contribution < -0.4 is 0 Å². The van der Waals surface area contributed by atoms with Crippen LogP contribution in [0.5, 0.6) is 0 Å². The second-order valence-electron chi connectivity index (χ2n) is 3.15. The van der Waals surface area contributed by atoms with Crippen LogP contribution in [0.1, 0.15) is 6.42 Å². The van der Waals surface area contributed by atoms with Gasteiger partial charge in [0.1, 0.15) is 0 Å². The van der Waals surface area contributed by atoms with E-state index in [1.54, 1.807) is 0 Å². The van der Waals surface area contributed by atoms with Gasteiger partial charge in [0.05, 0.1) is 13.1 Å². The number of hydrogen-bond acceptors (Lipinski definition) is 3. The fourth-order valence-corrected chi connectivity index (χ4v) is 0.973. The smallest absolute Gasteiger partial charge is 0.481 e. The number of hydrogen-bond donors (Lipinski definition) is 1. The lowest BCUT2D eigenvalue weighted by molar-refractivity contribution is -0.137. The average Bonchev–Trinajstić information content (AvgIpc) is 2.44. The van der Waals surface area contributed by atoms with Gasteiger partial charge in [0.2, 0.25) is 0 Å². The molecule has 0 atom stereocenters. The first-order valence-corrected chi connectivity index (χ1v) is 4.40. The minimum absolute atomic E-state index is 0.207. The minimum Gasteiger partial charge on any atom is -0.481 e. The van der Waals surface area contributed by atoms with Gasteiger partial charge < -0.3 is 32.2 Å². The van der Waals surface area contributed by atoms with Crippen LogP contribution in [0.4, 0.5) is 17.3 Å². The molecule has 0 aromatic heterocycles. The van der Waals surface area contributed by atoms with Crippen LogP contribution in [0.2, 0.25) is 0 Å². The molecule has 0 spiro atoms. The first-order chi connectivity index (χ1) is 7.18. The van der Waals surface area contributed by atoms with Gasteiger partial charge in [-0.25, -0.2) is 0 Å². The Hall–Kier alpha value is -1.41. The number of aliphatic carboxylic acids is 1. The molecular weight excluding hydrogens is 231 g/mol. The van der Waals surface area contributed by atoms with Crippen molar-refractivity contribution in [1.29, 1.82) is 0 Å². The second-order valence-corrected chi connectivity index (χ2v) is 3.15. The van der Waals surface area contributed by atoms with E-state index in [2.05, 4.69) is 0 Å². The molecule has 0 aromatic carbocycles. The van der Waals surface area contributed by atoms with Crippen LogP contribution in [-0.2, 0) is 4.79 Å². The van der Waals surface area contributed by atoms with Gasteiger partial charge in [0.15, 0.2) is 0 Å². The molecule has 0 fully saturated rings. The van der Waals surface area contributed by atoms with Crippen LogP contribution >= 0.6 is 0 Å². The summed E-state index contributed by atoms with van der Waals surface area (Å²) in [4.78, 5) is 14.1. The molecule has 1 aliphatic heterocycles. The Morgan fingerprint density at radius 3 is 2.19 bits per heavy atom. The van der Waals surface area contributed by atoms with Crippen molar-refractivity contribution in [2.45, 2.75) is 6.42 Å². The molecule has 16 heavy (non-hydrogen) atoms. The third-order valence-corrected chi connectivity index (χ3v) is 1.55. The van der Waals surface area contributed by atoms with Crippen LogP contribution in [0.3, 0.4) is 0 Å². The molecule has 94 valence electrons. The maximum absolute atomic E-state index is 10.2. The lowest BCUT2D eigenvalue weighted by atomic mass is 10.3. The highest BCUT2D eigenvalue weighted by molar-refractivity contribution is 6.50. The zero-order valence-electron chi connectivity index (χ0n) is 8.62. The molecule has 0 radical (unpaired) electrons. The standard InChI is InChI=1S/C7H12N2O2.BF4/c1-8-4-5-9(6-8)3-2-7(10)11;2-1(3,4)5/h4-5H,2-3,6H2,1H3,(H,10,11);/q;-1. The number of carbonyl (C=O) groups is 1. The molecule has 1 N–H and O–H groups in total. The molecular formula is C7H12BF4N2O2-. The predicted octanol–water partition coefficient (Wildman–Crippen LogP) is 1.44. The zero-order valence-corrected chi connectivity index (χ0v) is 8.62. The summed E-state index contributed by atoms with van der Waals surface area (Å²) >= 11 is 0. The predicted molar refractivity (Wildman–Crippen MR) is 50.9 cm³/mol. The van der Waals surface area contributed by atoms with Gasteiger partial charge in [0.25, 0.3) is 0 Å². The van der Waals surface area contributed by atoms with Crippen molar-refractivity contribution in [1.82, 2.24) is 9.80 Å².